The minimum absolute atomic E-state index is 0. The number of benzene rings is 2. The van der Waals surface area contributed by atoms with E-state index in [-0.39, 0.29) is 98.1 Å². The van der Waals surface area contributed by atoms with E-state index in [1.807, 2.05) is 36.4 Å². The maximum absolute atomic E-state index is 11.4. The van der Waals surface area contributed by atoms with Crippen LogP contribution in [0.25, 0.3) is 0 Å². The zero-order valence-electron chi connectivity index (χ0n) is 41.1. The molecule has 2 aromatic rings. The normalized spacial score (nSPS) is 12.7. The van der Waals surface area contributed by atoms with Crippen LogP contribution in [0.5, 0.6) is 0 Å². The van der Waals surface area contributed by atoms with Crippen molar-refractivity contribution in [3.8, 4) is 0 Å². The molecule has 11 heteroatoms. The Kier molecular flexibility index (Phi) is 42.8. The number of aliphatic carboxylic acids is 2. The molecule has 0 aliphatic rings. The van der Waals surface area contributed by atoms with E-state index in [2.05, 4.69) is 38.1 Å². The number of esters is 2. The molecule has 4 atom stereocenters. The fraction of sp³-hybridized carbons (Fsp3) is 0.704. The van der Waals surface area contributed by atoms with Gasteiger partial charge in [0.15, 0.2) is 0 Å². The summed E-state index contributed by atoms with van der Waals surface area (Å²) in [7, 11) is 0. The Morgan fingerprint density at radius 1 is 0.415 bits per heavy atom. The van der Waals surface area contributed by atoms with Crippen molar-refractivity contribution in [1.82, 2.24) is 0 Å². The molecule has 65 heavy (non-hydrogen) atoms. The molecule has 0 bridgehead atoms. The average molecular weight is 1030 g/mol. The van der Waals surface area contributed by atoms with Crippen LogP contribution in [0.1, 0.15) is 219 Å². The van der Waals surface area contributed by atoms with Crippen LogP contribution < -0.4 is 10.2 Å². The second kappa shape index (κ2) is 44.3. The van der Waals surface area contributed by atoms with Crippen LogP contribution in [0.2, 0.25) is 0 Å². The molecule has 2 aromatic carbocycles. The Labute approximate surface area is 434 Å². The third kappa shape index (κ3) is 40.6. The van der Waals surface area contributed by atoms with Gasteiger partial charge in [0.25, 0.3) is 0 Å². The first-order chi connectivity index (χ1) is 31.0. The molecule has 0 fully saturated rings. The van der Waals surface area contributed by atoms with Crippen LogP contribution in [-0.4, -0.2) is 97.2 Å². The van der Waals surface area contributed by atoms with E-state index >= 15 is 0 Å². The van der Waals surface area contributed by atoms with Crippen molar-refractivity contribution < 1.29 is 48.3 Å². The number of rotatable bonds is 40. The van der Waals surface area contributed by atoms with Crippen molar-refractivity contribution in [3.63, 3.8) is 0 Å². The summed E-state index contributed by atoms with van der Waals surface area (Å²) in [5.74, 6) is -2.30. The van der Waals surface area contributed by atoms with Crippen molar-refractivity contribution in [2.24, 2.45) is 0 Å². The van der Waals surface area contributed by atoms with Gasteiger partial charge in [-0.05, 0) is 114 Å². The van der Waals surface area contributed by atoms with E-state index in [1.165, 1.54) is 50.7 Å². The Morgan fingerprint density at radius 2 is 0.692 bits per heavy atom. The summed E-state index contributed by atoms with van der Waals surface area (Å²) in [4.78, 5) is 43.9. The summed E-state index contributed by atoms with van der Waals surface area (Å²) >= 11 is 0. The van der Waals surface area contributed by atoms with E-state index < -0.39 is 11.9 Å². The standard InChI is InChI=1S/2C27H44O5.Ba/c2*1-3-4-8-19-26(32-23(2)28)20-13-6-11-17-25(18-12-7-14-21-27(29)30)31-22-24-15-9-5-10-16-24;/h2*5,9-10,15-16,25-26H,3-4,6-8,11-14,17-22H2,1-2H3,(H,29,30);/q;;+2/p-2. The number of hydrogen-bond donors (Lipinski definition) is 0. The molecule has 0 amide bonds. The zero-order valence-corrected chi connectivity index (χ0v) is 45.5. The number of ether oxygens (including phenoxy) is 4. The number of carboxylic acid groups (broad SMARTS) is 2. The molecule has 2 rings (SSSR count). The van der Waals surface area contributed by atoms with Crippen LogP contribution in [-0.2, 0) is 51.3 Å². The molecule has 0 saturated heterocycles. The molecule has 0 radical (unpaired) electrons. The average Bonchev–Trinajstić information content (AvgIpc) is 3.26. The van der Waals surface area contributed by atoms with E-state index in [9.17, 15) is 29.4 Å². The predicted octanol–water partition coefficient (Wildman–Crippen LogP) is 11.1. The maximum atomic E-state index is 11.4. The smallest absolute Gasteiger partial charge is 0.550 e. The fourth-order valence-electron chi connectivity index (χ4n) is 7.91. The molecule has 0 aliphatic heterocycles. The molecule has 364 valence electrons. The Hall–Kier alpha value is -2.19. The van der Waals surface area contributed by atoms with Crippen molar-refractivity contribution in [1.29, 1.82) is 0 Å². The Balaban J connectivity index is 0.00000124. The number of carbonyl (C=O) groups is 4. The van der Waals surface area contributed by atoms with E-state index in [0.29, 0.717) is 26.1 Å². The molecule has 0 heterocycles. The number of hydrogen-bond acceptors (Lipinski definition) is 10. The topological polar surface area (TPSA) is 151 Å². The second-order valence-electron chi connectivity index (χ2n) is 17.5. The summed E-state index contributed by atoms with van der Waals surface area (Å²) in [6.07, 6.45) is 26.9. The molecule has 0 aromatic heterocycles. The van der Waals surface area contributed by atoms with E-state index in [1.54, 1.807) is 0 Å². The number of carbonyl (C=O) groups excluding carboxylic acids is 4. The molecular formula is C54H86BaO10. The number of unbranched alkanes of at least 4 members (excludes halogenated alkanes) is 12. The third-order valence-electron chi connectivity index (χ3n) is 11.5. The zero-order chi connectivity index (χ0) is 46.9. The van der Waals surface area contributed by atoms with Crippen molar-refractivity contribution >= 4 is 72.8 Å². The van der Waals surface area contributed by atoms with Crippen LogP contribution >= 0.6 is 0 Å². The van der Waals surface area contributed by atoms with Gasteiger partial charge in [0, 0.05) is 25.8 Å². The van der Waals surface area contributed by atoms with Gasteiger partial charge in [-0.3, -0.25) is 9.59 Å². The van der Waals surface area contributed by atoms with Crippen LogP contribution in [0.3, 0.4) is 0 Å². The SMILES string of the molecule is CCCCCC(CCCCCC(CCCCCC(=O)[O-])OCc1ccccc1)OC(C)=O.CCCCCC(CCCCCC(CCCCCC(=O)[O-])OCc1ccccc1)OC(C)=O.[Ba+2]. The minimum Gasteiger partial charge on any atom is -0.550 e. The quantitative estimate of drug-likeness (QED) is 0.0358. The fourth-order valence-corrected chi connectivity index (χ4v) is 7.91. The van der Waals surface area contributed by atoms with Crippen LogP contribution in [0, 0.1) is 0 Å². The minimum atomic E-state index is -0.969. The molecule has 0 N–H and O–H groups in total. The Bertz CT molecular complexity index is 1320. The first-order valence-electron chi connectivity index (χ1n) is 25.1. The first-order valence-corrected chi connectivity index (χ1v) is 25.1. The van der Waals surface area contributed by atoms with Gasteiger partial charge < -0.3 is 38.7 Å². The Morgan fingerprint density at radius 3 is 0.969 bits per heavy atom. The second-order valence-corrected chi connectivity index (χ2v) is 17.5. The molecular weight excluding hydrogens is 946 g/mol. The monoisotopic (exact) mass is 1030 g/mol. The summed E-state index contributed by atoms with van der Waals surface area (Å²) in [6.45, 7) is 8.57. The van der Waals surface area contributed by atoms with Gasteiger partial charge in [0.2, 0.25) is 0 Å². The maximum Gasteiger partial charge on any atom is 2.00 e. The molecule has 4 unspecified atom stereocenters. The summed E-state index contributed by atoms with van der Waals surface area (Å²) in [6, 6.07) is 20.4. The van der Waals surface area contributed by atoms with Crippen molar-refractivity contribution in [3.05, 3.63) is 71.8 Å². The molecule has 0 aliphatic carbocycles. The first kappa shape index (κ1) is 62.8. The van der Waals surface area contributed by atoms with E-state index in [4.69, 9.17) is 18.9 Å². The van der Waals surface area contributed by atoms with Gasteiger partial charge >= 0.3 is 60.8 Å². The van der Waals surface area contributed by atoms with Gasteiger partial charge in [-0.1, -0.05) is 152 Å². The van der Waals surface area contributed by atoms with Gasteiger partial charge in [-0.15, -0.1) is 0 Å². The van der Waals surface area contributed by atoms with E-state index in [0.717, 1.165) is 128 Å². The van der Waals surface area contributed by atoms with Crippen LogP contribution in [0.4, 0.5) is 0 Å². The molecule has 10 nitrogen and oxygen atoms in total. The number of carboxylic acids is 2. The largest absolute Gasteiger partial charge is 2.00 e. The van der Waals surface area contributed by atoms with Crippen molar-refractivity contribution in [2.45, 2.75) is 245 Å². The molecule has 0 spiro atoms. The summed E-state index contributed by atoms with van der Waals surface area (Å²) in [5.41, 5.74) is 2.34. The van der Waals surface area contributed by atoms with Gasteiger partial charge in [0.05, 0.1) is 25.4 Å². The van der Waals surface area contributed by atoms with Crippen LogP contribution in [0.15, 0.2) is 60.7 Å². The van der Waals surface area contributed by atoms with Gasteiger partial charge in [-0.25, -0.2) is 0 Å². The van der Waals surface area contributed by atoms with Gasteiger partial charge in [-0.2, -0.15) is 0 Å². The van der Waals surface area contributed by atoms with Gasteiger partial charge in [0.1, 0.15) is 12.2 Å². The molecule has 0 saturated carbocycles. The summed E-state index contributed by atoms with van der Waals surface area (Å²) in [5, 5.41) is 21.2. The summed E-state index contributed by atoms with van der Waals surface area (Å²) < 4.78 is 23.4. The predicted molar refractivity (Wildman–Crippen MR) is 258 cm³/mol. The third-order valence-corrected chi connectivity index (χ3v) is 11.5. The van der Waals surface area contributed by atoms with Crippen molar-refractivity contribution in [2.75, 3.05) is 0 Å².